The largest absolute Gasteiger partial charge is 0.508 e. The third kappa shape index (κ3) is 1.60. The molecular formula is C10H13NO2. The van der Waals surface area contributed by atoms with Crippen molar-refractivity contribution in [2.24, 2.45) is 0 Å². The number of aliphatic hydroxyl groups is 1. The highest BCUT2D eigenvalue weighted by atomic mass is 16.3. The van der Waals surface area contributed by atoms with Gasteiger partial charge in [-0.05, 0) is 24.5 Å². The minimum absolute atomic E-state index is 0.134. The molecular weight excluding hydrogens is 166 g/mol. The van der Waals surface area contributed by atoms with E-state index < -0.39 is 0 Å². The highest BCUT2D eigenvalue weighted by Crippen LogP contribution is 2.27. The van der Waals surface area contributed by atoms with Crippen molar-refractivity contribution in [1.82, 2.24) is 0 Å². The summed E-state index contributed by atoms with van der Waals surface area (Å²) < 4.78 is 0. The number of aliphatic hydroxyl groups excluding tert-OH is 1. The number of fused-ring (bicyclic) bond motifs is 1. The van der Waals surface area contributed by atoms with Crippen LogP contribution in [0.5, 0.6) is 5.75 Å². The topological polar surface area (TPSA) is 52.5 Å². The van der Waals surface area contributed by atoms with Crippen molar-refractivity contribution in [1.29, 1.82) is 0 Å². The van der Waals surface area contributed by atoms with Crippen LogP contribution in [-0.4, -0.2) is 22.9 Å². The first-order valence-corrected chi connectivity index (χ1v) is 4.49. The molecule has 0 amide bonds. The zero-order valence-corrected chi connectivity index (χ0v) is 7.33. The van der Waals surface area contributed by atoms with Crippen molar-refractivity contribution in [3.63, 3.8) is 0 Å². The number of aryl methyl sites for hydroxylation is 1. The molecule has 3 nitrogen and oxygen atoms in total. The SMILES string of the molecule is OC[C@@H]1CCc2ccc(O)cc2N1. The molecule has 0 aromatic heterocycles. The van der Waals surface area contributed by atoms with E-state index in [1.165, 1.54) is 5.56 Å². The van der Waals surface area contributed by atoms with Gasteiger partial charge in [0.05, 0.1) is 6.61 Å². The van der Waals surface area contributed by atoms with E-state index in [-0.39, 0.29) is 18.4 Å². The Labute approximate surface area is 77.0 Å². The van der Waals surface area contributed by atoms with Gasteiger partial charge in [-0.25, -0.2) is 0 Å². The van der Waals surface area contributed by atoms with E-state index in [4.69, 9.17) is 5.11 Å². The van der Waals surface area contributed by atoms with E-state index >= 15 is 0 Å². The smallest absolute Gasteiger partial charge is 0.117 e. The van der Waals surface area contributed by atoms with Gasteiger partial charge in [0.15, 0.2) is 0 Å². The molecule has 0 unspecified atom stereocenters. The van der Waals surface area contributed by atoms with Crippen LogP contribution in [-0.2, 0) is 6.42 Å². The molecule has 0 bridgehead atoms. The predicted octanol–water partition coefficient (Wildman–Crippen LogP) is 1.11. The van der Waals surface area contributed by atoms with Crippen LogP contribution in [0.4, 0.5) is 5.69 Å². The average molecular weight is 179 g/mol. The first-order chi connectivity index (χ1) is 6.29. The summed E-state index contributed by atoms with van der Waals surface area (Å²) >= 11 is 0. The molecule has 1 aromatic carbocycles. The van der Waals surface area contributed by atoms with Gasteiger partial charge in [0.2, 0.25) is 0 Å². The number of benzene rings is 1. The summed E-state index contributed by atoms with van der Waals surface area (Å²) in [5.41, 5.74) is 2.16. The maximum absolute atomic E-state index is 9.24. The summed E-state index contributed by atoms with van der Waals surface area (Å²) in [5, 5.41) is 21.4. The van der Waals surface area contributed by atoms with Crippen molar-refractivity contribution in [3.05, 3.63) is 23.8 Å². The maximum Gasteiger partial charge on any atom is 0.117 e. The van der Waals surface area contributed by atoms with E-state index in [1.807, 2.05) is 6.07 Å². The highest BCUT2D eigenvalue weighted by Gasteiger charge is 2.16. The molecule has 1 atom stereocenters. The Morgan fingerprint density at radius 3 is 3.08 bits per heavy atom. The predicted molar refractivity (Wildman–Crippen MR) is 50.9 cm³/mol. The average Bonchev–Trinajstić information content (AvgIpc) is 2.16. The van der Waals surface area contributed by atoms with E-state index in [9.17, 15) is 5.11 Å². The number of rotatable bonds is 1. The second-order valence-electron chi connectivity index (χ2n) is 3.40. The van der Waals surface area contributed by atoms with Crippen molar-refractivity contribution in [2.75, 3.05) is 11.9 Å². The molecule has 0 radical (unpaired) electrons. The number of phenols is 1. The molecule has 0 saturated heterocycles. The molecule has 70 valence electrons. The zero-order valence-electron chi connectivity index (χ0n) is 7.33. The summed E-state index contributed by atoms with van der Waals surface area (Å²) in [4.78, 5) is 0. The zero-order chi connectivity index (χ0) is 9.26. The molecule has 1 aliphatic rings. The first-order valence-electron chi connectivity index (χ1n) is 4.49. The van der Waals surface area contributed by atoms with Crippen LogP contribution in [0.3, 0.4) is 0 Å². The van der Waals surface area contributed by atoms with Crippen molar-refractivity contribution in [3.8, 4) is 5.75 Å². The Morgan fingerprint density at radius 2 is 2.31 bits per heavy atom. The van der Waals surface area contributed by atoms with Crippen molar-refractivity contribution >= 4 is 5.69 Å². The van der Waals surface area contributed by atoms with Gasteiger partial charge >= 0.3 is 0 Å². The lowest BCUT2D eigenvalue weighted by Gasteiger charge is -2.25. The Balaban J connectivity index is 2.27. The fourth-order valence-electron chi connectivity index (χ4n) is 1.68. The Bertz CT molecular complexity index is 312. The maximum atomic E-state index is 9.24. The van der Waals surface area contributed by atoms with Crippen LogP contribution < -0.4 is 5.32 Å². The molecule has 1 aliphatic heterocycles. The van der Waals surface area contributed by atoms with Gasteiger partial charge in [-0.3, -0.25) is 0 Å². The third-order valence-corrected chi connectivity index (χ3v) is 2.44. The van der Waals surface area contributed by atoms with Gasteiger partial charge in [-0.15, -0.1) is 0 Å². The number of nitrogens with one attached hydrogen (secondary N) is 1. The number of aromatic hydroxyl groups is 1. The standard InChI is InChI=1S/C10H13NO2/c12-6-8-3-1-7-2-4-9(13)5-10(7)11-8/h2,4-5,8,11-13H,1,3,6H2/t8-/m0/s1. The number of hydrogen-bond acceptors (Lipinski definition) is 3. The fraction of sp³-hybridized carbons (Fsp3) is 0.400. The molecule has 0 saturated carbocycles. The number of phenolic OH excluding ortho intramolecular Hbond substituents is 1. The lowest BCUT2D eigenvalue weighted by molar-refractivity contribution is 0.267. The second-order valence-corrected chi connectivity index (χ2v) is 3.40. The lowest BCUT2D eigenvalue weighted by atomic mass is 9.98. The minimum atomic E-state index is 0.134. The summed E-state index contributed by atoms with van der Waals surface area (Å²) in [6, 6.07) is 5.46. The summed E-state index contributed by atoms with van der Waals surface area (Å²) in [6.07, 6.45) is 1.92. The first kappa shape index (κ1) is 8.38. The molecule has 3 heteroatoms. The van der Waals surface area contributed by atoms with E-state index in [1.54, 1.807) is 12.1 Å². The highest BCUT2D eigenvalue weighted by molar-refractivity contribution is 5.57. The number of anilines is 1. The fourth-order valence-corrected chi connectivity index (χ4v) is 1.68. The van der Waals surface area contributed by atoms with Gasteiger partial charge in [-0.1, -0.05) is 6.07 Å². The van der Waals surface area contributed by atoms with Crippen LogP contribution in [0.1, 0.15) is 12.0 Å². The molecule has 13 heavy (non-hydrogen) atoms. The molecule has 0 spiro atoms. The third-order valence-electron chi connectivity index (χ3n) is 2.44. The van der Waals surface area contributed by atoms with Crippen molar-refractivity contribution in [2.45, 2.75) is 18.9 Å². The monoisotopic (exact) mass is 179 g/mol. The quantitative estimate of drug-likeness (QED) is 0.605. The number of hydrogen-bond donors (Lipinski definition) is 3. The van der Waals surface area contributed by atoms with E-state index in [0.717, 1.165) is 18.5 Å². The van der Waals surface area contributed by atoms with Gasteiger partial charge in [0, 0.05) is 17.8 Å². The van der Waals surface area contributed by atoms with Gasteiger partial charge in [0.25, 0.3) is 0 Å². The lowest BCUT2D eigenvalue weighted by Crippen LogP contribution is -2.28. The van der Waals surface area contributed by atoms with Crippen LogP contribution >= 0.6 is 0 Å². The van der Waals surface area contributed by atoms with Crippen LogP contribution in [0, 0.1) is 0 Å². The second kappa shape index (κ2) is 3.26. The van der Waals surface area contributed by atoms with E-state index in [0.29, 0.717) is 0 Å². The Morgan fingerprint density at radius 1 is 1.46 bits per heavy atom. The Kier molecular flexibility index (Phi) is 2.10. The molecule has 2 rings (SSSR count). The van der Waals surface area contributed by atoms with Crippen LogP contribution in [0.2, 0.25) is 0 Å². The van der Waals surface area contributed by atoms with Crippen molar-refractivity contribution < 1.29 is 10.2 Å². The molecule has 0 fully saturated rings. The summed E-state index contributed by atoms with van der Waals surface area (Å²) in [6.45, 7) is 0.148. The van der Waals surface area contributed by atoms with Crippen LogP contribution in [0.25, 0.3) is 0 Å². The van der Waals surface area contributed by atoms with Crippen LogP contribution in [0.15, 0.2) is 18.2 Å². The molecule has 3 N–H and O–H groups in total. The minimum Gasteiger partial charge on any atom is -0.508 e. The molecule has 1 aromatic rings. The van der Waals surface area contributed by atoms with E-state index in [2.05, 4.69) is 5.32 Å². The Hall–Kier alpha value is -1.22. The van der Waals surface area contributed by atoms with Gasteiger partial charge < -0.3 is 15.5 Å². The van der Waals surface area contributed by atoms with Gasteiger partial charge in [-0.2, -0.15) is 0 Å². The summed E-state index contributed by atoms with van der Waals surface area (Å²) in [5.74, 6) is 0.268. The summed E-state index contributed by atoms with van der Waals surface area (Å²) in [7, 11) is 0. The normalized spacial score (nSPS) is 20.5. The van der Waals surface area contributed by atoms with Gasteiger partial charge in [0.1, 0.15) is 5.75 Å². The molecule has 1 heterocycles. The molecule has 0 aliphatic carbocycles.